The van der Waals surface area contributed by atoms with Crippen molar-refractivity contribution in [3.63, 3.8) is 0 Å². The van der Waals surface area contributed by atoms with Gasteiger partial charge in [-0.1, -0.05) is 49.4 Å². The number of amides is 1. The second kappa shape index (κ2) is 11.2. The maximum atomic E-state index is 13.5. The fraction of sp³-hybridized carbons (Fsp3) is 0.267. The summed E-state index contributed by atoms with van der Waals surface area (Å²) in [5.74, 6) is 0.157. The first-order valence-electron chi connectivity index (χ1n) is 12.2. The molecule has 36 heavy (non-hydrogen) atoms. The van der Waals surface area contributed by atoms with E-state index in [-0.39, 0.29) is 19.7 Å². The summed E-state index contributed by atoms with van der Waals surface area (Å²) in [7, 11) is 1.99. The van der Waals surface area contributed by atoms with E-state index in [1.54, 1.807) is 18.2 Å². The van der Waals surface area contributed by atoms with Crippen LogP contribution in [0.15, 0.2) is 72.9 Å². The summed E-state index contributed by atoms with van der Waals surface area (Å²) in [5.41, 5.74) is 4.82. The predicted molar refractivity (Wildman–Crippen MR) is 145 cm³/mol. The highest BCUT2D eigenvalue weighted by molar-refractivity contribution is 5.99. The van der Waals surface area contributed by atoms with Gasteiger partial charge >= 0.3 is 0 Å². The van der Waals surface area contributed by atoms with E-state index < -0.39 is 6.04 Å². The molecule has 1 atom stereocenters. The predicted octanol–water partition coefficient (Wildman–Crippen LogP) is 5.42. The van der Waals surface area contributed by atoms with Gasteiger partial charge in [-0.2, -0.15) is 0 Å². The van der Waals surface area contributed by atoms with Crippen LogP contribution in [0.5, 0.6) is 5.75 Å². The summed E-state index contributed by atoms with van der Waals surface area (Å²) in [4.78, 5) is 25.3. The summed E-state index contributed by atoms with van der Waals surface area (Å²) >= 11 is 0. The molecule has 0 saturated heterocycles. The average Bonchev–Trinajstić information content (AvgIpc) is 3.22. The fourth-order valence-corrected chi connectivity index (χ4v) is 4.42. The van der Waals surface area contributed by atoms with Gasteiger partial charge in [0, 0.05) is 31.1 Å². The minimum Gasteiger partial charge on any atom is -0.493 e. The summed E-state index contributed by atoms with van der Waals surface area (Å²) in [6.07, 6.45) is 3.34. The monoisotopic (exact) mass is 486 g/mol. The van der Waals surface area contributed by atoms with E-state index in [2.05, 4.69) is 22.0 Å². The quantitative estimate of drug-likeness (QED) is 0.294. The number of hydrogen-bond acceptors (Lipinski definition) is 4. The van der Waals surface area contributed by atoms with E-state index in [0.717, 1.165) is 34.0 Å². The Morgan fingerprint density at radius 2 is 1.83 bits per heavy atom. The Morgan fingerprint density at radius 1 is 1.06 bits per heavy atom. The van der Waals surface area contributed by atoms with Gasteiger partial charge in [-0.25, -0.2) is 0 Å². The molecule has 0 aliphatic rings. The van der Waals surface area contributed by atoms with Crippen LogP contribution in [0.25, 0.3) is 22.0 Å². The van der Waals surface area contributed by atoms with Crippen LogP contribution in [0.3, 0.4) is 0 Å². The summed E-state index contributed by atoms with van der Waals surface area (Å²) in [5, 5.41) is 14.2. The highest BCUT2D eigenvalue weighted by Crippen LogP contribution is 2.28. The maximum absolute atomic E-state index is 13.5. The standard InChI is InChI=1S/C30H32N2O4.H2/c1-4-14-36-29-13-12-23(22-9-7-8-21(15-22)20(2)34)17-27(29)30(35)31-25(19-33)16-24-18-32(3)28-11-6-5-10-26(24)28;/h5-13,15,17-18,25,33H,4,14,16,19H2,1-3H3,(H,31,35);1H/t25-;/m1./s1. The molecule has 0 radical (unpaired) electrons. The molecule has 0 bridgehead atoms. The van der Waals surface area contributed by atoms with Gasteiger partial charge in [0.2, 0.25) is 0 Å². The third-order valence-electron chi connectivity index (χ3n) is 6.29. The Morgan fingerprint density at radius 3 is 2.58 bits per heavy atom. The third-order valence-corrected chi connectivity index (χ3v) is 6.29. The molecular formula is C30H34N2O4. The van der Waals surface area contributed by atoms with Crippen molar-refractivity contribution in [1.82, 2.24) is 9.88 Å². The lowest BCUT2D eigenvalue weighted by Gasteiger charge is -2.18. The molecule has 0 saturated carbocycles. The number of carbonyl (C=O) groups excluding carboxylic acids is 2. The molecule has 1 heterocycles. The molecule has 188 valence electrons. The van der Waals surface area contributed by atoms with Crippen molar-refractivity contribution in [2.24, 2.45) is 7.05 Å². The molecule has 0 spiro atoms. The molecule has 0 aliphatic carbocycles. The molecule has 3 aromatic carbocycles. The average molecular weight is 487 g/mol. The Bertz CT molecular complexity index is 1400. The van der Waals surface area contributed by atoms with Gasteiger partial charge in [0.1, 0.15) is 5.75 Å². The lowest BCUT2D eigenvalue weighted by atomic mass is 9.99. The van der Waals surface area contributed by atoms with Crippen molar-refractivity contribution in [2.75, 3.05) is 13.2 Å². The maximum Gasteiger partial charge on any atom is 0.255 e. The van der Waals surface area contributed by atoms with Gasteiger partial charge in [-0.3, -0.25) is 9.59 Å². The number of fused-ring (bicyclic) bond motifs is 1. The number of rotatable bonds is 10. The summed E-state index contributed by atoms with van der Waals surface area (Å²) < 4.78 is 7.93. The molecule has 1 aromatic heterocycles. The second-order valence-electron chi connectivity index (χ2n) is 9.04. The van der Waals surface area contributed by atoms with Crippen LogP contribution in [0.1, 0.15) is 48.0 Å². The van der Waals surface area contributed by atoms with Crippen molar-refractivity contribution in [1.29, 1.82) is 0 Å². The minimum atomic E-state index is -0.466. The van der Waals surface area contributed by atoms with E-state index in [4.69, 9.17) is 4.74 Å². The normalized spacial score (nSPS) is 11.9. The molecule has 0 unspecified atom stereocenters. The number of nitrogens with one attached hydrogen (secondary N) is 1. The largest absolute Gasteiger partial charge is 0.493 e. The van der Waals surface area contributed by atoms with E-state index in [9.17, 15) is 14.7 Å². The van der Waals surface area contributed by atoms with Crippen LogP contribution in [-0.4, -0.2) is 40.6 Å². The van der Waals surface area contributed by atoms with Crippen LogP contribution in [0, 0.1) is 0 Å². The van der Waals surface area contributed by atoms with Gasteiger partial charge in [-0.05, 0) is 60.7 Å². The summed E-state index contributed by atoms with van der Waals surface area (Å²) in [6, 6.07) is 20.4. The second-order valence-corrected chi connectivity index (χ2v) is 9.04. The van der Waals surface area contributed by atoms with E-state index >= 15 is 0 Å². The number of aliphatic hydroxyl groups excluding tert-OH is 1. The van der Waals surface area contributed by atoms with Crippen molar-refractivity contribution < 1.29 is 20.9 Å². The van der Waals surface area contributed by atoms with Crippen LogP contribution < -0.4 is 10.1 Å². The van der Waals surface area contributed by atoms with Crippen LogP contribution >= 0.6 is 0 Å². The number of ether oxygens (including phenoxy) is 1. The molecule has 4 aromatic rings. The Hall–Kier alpha value is -3.90. The Balaban J connectivity index is 0.00000380. The molecule has 6 heteroatoms. The van der Waals surface area contributed by atoms with Crippen molar-refractivity contribution in [3.8, 4) is 16.9 Å². The van der Waals surface area contributed by atoms with Gasteiger partial charge in [0.15, 0.2) is 5.78 Å². The first kappa shape index (κ1) is 25.2. The number of aliphatic hydroxyl groups is 1. The molecular weight excluding hydrogens is 452 g/mol. The zero-order valence-electron chi connectivity index (χ0n) is 21.0. The number of carbonyl (C=O) groups is 2. The van der Waals surface area contributed by atoms with Gasteiger partial charge < -0.3 is 19.7 Å². The van der Waals surface area contributed by atoms with Crippen LogP contribution in [0.4, 0.5) is 0 Å². The number of hydrogen-bond donors (Lipinski definition) is 2. The highest BCUT2D eigenvalue weighted by Gasteiger charge is 2.20. The highest BCUT2D eigenvalue weighted by atomic mass is 16.5. The van der Waals surface area contributed by atoms with Gasteiger partial charge in [0.25, 0.3) is 5.91 Å². The number of aromatic nitrogens is 1. The number of para-hydroxylation sites is 1. The molecule has 2 N–H and O–H groups in total. The number of nitrogens with zero attached hydrogens (tertiary/aromatic N) is 1. The first-order chi connectivity index (χ1) is 17.4. The fourth-order valence-electron chi connectivity index (χ4n) is 4.42. The first-order valence-corrected chi connectivity index (χ1v) is 12.2. The molecule has 1 amide bonds. The van der Waals surface area contributed by atoms with Crippen LogP contribution in [-0.2, 0) is 13.5 Å². The van der Waals surface area contributed by atoms with Crippen molar-refractivity contribution in [3.05, 3.63) is 89.6 Å². The zero-order valence-corrected chi connectivity index (χ0v) is 21.0. The van der Waals surface area contributed by atoms with Crippen molar-refractivity contribution >= 4 is 22.6 Å². The smallest absolute Gasteiger partial charge is 0.255 e. The van der Waals surface area contributed by atoms with E-state index in [0.29, 0.717) is 29.9 Å². The summed E-state index contributed by atoms with van der Waals surface area (Å²) in [6.45, 7) is 3.83. The Kier molecular flexibility index (Phi) is 7.86. The topological polar surface area (TPSA) is 80.6 Å². The Labute approximate surface area is 213 Å². The van der Waals surface area contributed by atoms with Crippen LogP contribution in [0.2, 0.25) is 0 Å². The van der Waals surface area contributed by atoms with E-state index in [1.165, 1.54) is 6.92 Å². The third kappa shape index (κ3) is 5.50. The minimum absolute atomic E-state index is 0. The number of ketones is 1. The number of benzene rings is 3. The molecule has 4 rings (SSSR count). The van der Waals surface area contributed by atoms with Crippen molar-refractivity contribution in [2.45, 2.75) is 32.7 Å². The van der Waals surface area contributed by atoms with Gasteiger partial charge in [-0.15, -0.1) is 0 Å². The SMILES string of the molecule is CCCOc1ccc(-c2cccc(C(C)=O)c2)cc1C(=O)N[C@@H](CO)Cc1cn(C)c2ccccc12.[HH]. The number of aryl methyl sites for hydroxylation is 1. The van der Waals surface area contributed by atoms with Gasteiger partial charge in [0.05, 0.1) is 24.8 Å². The lowest BCUT2D eigenvalue weighted by molar-refractivity contribution is 0.0912. The zero-order chi connectivity index (χ0) is 25.7. The van der Waals surface area contributed by atoms with E-state index in [1.807, 2.05) is 56.6 Å². The lowest BCUT2D eigenvalue weighted by Crippen LogP contribution is -2.39. The molecule has 6 nitrogen and oxygen atoms in total. The molecule has 0 aliphatic heterocycles. The molecule has 0 fully saturated rings. The number of Topliss-reactive ketones (excluding diaryl/α,β-unsaturated/α-hetero) is 1.